The summed E-state index contributed by atoms with van der Waals surface area (Å²) in [5, 5.41) is 0. The van der Waals surface area contributed by atoms with Gasteiger partial charge >= 0.3 is 5.97 Å². The Balaban J connectivity index is 1.79. The summed E-state index contributed by atoms with van der Waals surface area (Å²) in [7, 11) is 3.16. The van der Waals surface area contributed by atoms with Crippen LogP contribution in [0, 0.1) is 5.92 Å². The summed E-state index contributed by atoms with van der Waals surface area (Å²) < 4.78 is 22.1. The SMILES string of the molecule is CCOCCOC(=O)C1C(C)=NC2=C(C(=O)C[C@H](c3ccccc3)C2)[C@@H]1c1cc(OC)ccc1OC. The van der Waals surface area contributed by atoms with E-state index in [0.29, 0.717) is 54.4 Å². The standard InChI is InChI=1S/C29H33NO6/c1-5-35-13-14-36-29(32)26-18(2)30-23-15-20(19-9-7-6-8-10-19)16-24(31)28(23)27(26)22-17-21(33-3)11-12-25(22)34-4/h6-12,17,20,26-27H,5,13-16H2,1-4H3/t20-,26?,27-/m1/s1. The topological polar surface area (TPSA) is 83.4 Å². The second-order valence-electron chi connectivity index (χ2n) is 8.98. The summed E-state index contributed by atoms with van der Waals surface area (Å²) in [6.07, 6.45) is 0.976. The molecule has 36 heavy (non-hydrogen) atoms. The van der Waals surface area contributed by atoms with Gasteiger partial charge < -0.3 is 18.9 Å². The van der Waals surface area contributed by atoms with E-state index in [1.54, 1.807) is 26.4 Å². The van der Waals surface area contributed by atoms with E-state index in [4.69, 9.17) is 23.9 Å². The highest BCUT2D eigenvalue weighted by atomic mass is 16.6. The molecule has 0 amide bonds. The number of allylic oxidation sites excluding steroid dienone is 2. The van der Waals surface area contributed by atoms with Crippen molar-refractivity contribution >= 4 is 17.5 Å². The minimum Gasteiger partial charge on any atom is -0.497 e. The second kappa shape index (κ2) is 11.5. The van der Waals surface area contributed by atoms with Gasteiger partial charge in [0.15, 0.2) is 5.78 Å². The molecule has 2 aromatic rings. The maximum atomic E-state index is 13.8. The van der Waals surface area contributed by atoms with E-state index in [2.05, 4.69) is 0 Å². The minimum atomic E-state index is -0.761. The van der Waals surface area contributed by atoms with Crippen LogP contribution in [0.5, 0.6) is 11.5 Å². The molecule has 0 saturated heterocycles. The van der Waals surface area contributed by atoms with E-state index < -0.39 is 17.8 Å². The quantitative estimate of drug-likeness (QED) is 0.368. The average Bonchev–Trinajstić information content (AvgIpc) is 2.90. The van der Waals surface area contributed by atoms with E-state index in [0.717, 1.165) is 11.3 Å². The fourth-order valence-electron chi connectivity index (χ4n) is 5.18. The Labute approximate surface area is 212 Å². The van der Waals surface area contributed by atoms with Gasteiger partial charge in [0, 0.05) is 41.5 Å². The lowest BCUT2D eigenvalue weighted by molar-refractivity contribution is -0.148. The van der Waals surface area contributed by atoms with Gasteiger partial charge in [-0.3, -0.25) is 14.6 Å². The molecule has 0 N–H and O–H groups in total. The summed E-state index contributed by atoms with van der Waals surface area (Å²) in [5.74, 6) is -0.570. The molecule has 0 spiro atoms. The number of Topliss-reactive ketones (excluding diaryl/α,β-unsaturated/α-hetero) is 1. The Hall–Kier alpha value is -3.45. The van der Waals surface area contributed by atoms with Crippen LogP contribution in [0.4, 0.5) is 0 Å². The summed E-state index contributed by atoms with van der Waals surface area (Å²) in [4.78, 5) is 32.0. The average molecular weight is 492 g/mol. The zero-order valence-electron chi connectivity index (χ0n) is 21.3. The molecule has 2 aliphatic rings. The van der Waals surface area contributed by atoms with Gasteiger partial charge in [-0.05, 0) is 49.9 Å². The van der Waals surface area contributed by atoms with E-state index >= 15 is 0 Å². The largest absolute Gasteiger partial charge is 0.497 e. The monoisotopic (exact) mass is 491 g/mol. The van der Waals surface area contributed by atoms with Crippen LogP contribution in [0.15, 0.2) is 64.8 Å². The van der Waals surface area contributed by atoms with Gasteiger partial charge in [-0.1, -0.05) is 30.3 Å². The lowest BCUT2D eigenvalue weighted by Crippen LogP contribution is -2.38. The third-order valence-corrected chi connectivity index (χ3v) is 6.86. The molecule has 4 rings (SSSR count). The first kappa shape index (κ1) is 25.6. The van der Waals surface area contributed by atoms with Crippen molar-refractivity contribution in [1.82, 2.24) is 0 Å². The molecule has 190 valence electrons. The fraction of sp³-hybridized carbons (Fsp3) is 0.414. The molecular weight excluding hydrogens is 458 g/mol. The van der Waals surface area contributed by atoms with Crippen LogP contribution in [-0.4, -0.2) is 51.5 Å². The Morgan fingerprint density at radius 1 is 1.03 bits per heavy atom. The van der Waals surface area contributed by atoms with E-state index in [1.807, 2.05) is 50.2 Å². The molecule has 2 aromatic carbocycles. The first-order chi connectivity index (χ1) is 17.5. The molecule has 1 aliphatic heterocycles. The molecule has 0 bridgehead atoms. The maximum absolute atomic E-state index is 13.8. The van der Waals surface area contributed by atoms with Gasteiger partial charge in [-0.2, -0.15) is 0 Å². The summed E-state index contributed by atoms with van der Waals surface area (Å²) in [6.45, 7) is 4.70. The molecule has 0 aromatic heterocycles. The molecule has 1 aliphatic carbocycles. The minimum absolute atomic E-state index is 0.0108. The maximum Gasteiger partial charge on any atom is 0.315 e. The van der Waals surface area contributed by atoms with Crippen molar-refractivity contribution in [3.05, 3.63) is 70.9 Å². The van der Waals surface area contributed by atoms with E-state index in [9.17, 15) is 9.59 Å². The number of benzene rings is 2. The first-order valence-electron chi connectivity index (χ1n) is 12.3. The van der Waals surface area contributed by atoms with Gasteiger partial charge in [-0.15, -0.1) is 0 Å². The van der Waals surface area contributed by atoms with Crippen molar-refractivity contribution in [3.63, 3.8) is 0 Å². The first-order valence-corrected chi connectivity index (χ1v) is 12.3. The van der Waals surface area contributed by atoms with Crippen molar-refractivity contribution in [1.29, 1.82) is 0 Å². The van der Waals surface area contributed by atoms with Gasteiger partial charge in [0.1, 0.15) is 24.0 Å². The lowest BCUT2D eigenvalue weighted by Gasteiger charge is -2.37. The third kappa shape index (κ3) is 5.21. The van der Waals surface area contributed by atoms with Gasteiger partial charge in [0.25, 0.3) is 0 Å². The van der Waals surface area contributed by atoms with Crippen molar-refractivity contribution in [2.24, 2.45) is 10.9 Å². The highest BCUT2D eigenvalue weighted by molar-refractivity contribution is 6.09. The number of carbonyl (C=O) groups excluding carboxylic acids is 2. The molecule has 1 heterocycles. The molecule has 7 nitrogen and oxygen atoms in total. The van der Waals surface area contributed by atoms with E-state index in [1.165, 1.54) is 0 Å². The molecule has 0 fully saturated rings. The second-order valence-corrected chi connectivity index (χ2v) is 8.98. The van der Waals surface area contributed by atoms with Crippen LogP contribution in [0.1, 0.15) is 49.7 Å². The normalized spacial score (nSPS) is 21.5. The van der Waals surface area contributed by atoms with Crippen molar-refractivity contribution in [2.75, 3.05) is 34.0 Å². The third-order valence-electron chi connectivity index (χ3n) is 6.86. The number of nitrogens with zero attached hydrogens (tertiary/aromatic N) is 1. The van der Waals surface area contributed by atoms with Crippen molar-refractivity contribution in [3.8, 4) is 11.5 Å². The molecular formula is C29H33NO6. The van der Waals surface area contributed by atoms with Crippen LogP contribution < -0.4 is 9.47 Å². The van der Waals surface area contributed by atoms with Crippen molar-refractivity contribution < 1.29 is 28.5 Å². The number of hydrogen-bond donors (Lipinski definition) is 0. The number of ether oxygens (including phenoxy) is 4. The molecule has 0 saturated carbocycles. The highest BCUT2D eigenvalue weighted by Gasteiger charge is 2.45. The van der Waals surface area contributed by atoms with Crippen LogP contribution in [0.2, 0.25) is 0 Å². The number of carbonyl (C=O) groups is 2. The van der Waals surface area contributed by atoms with Gasteiger partial charge in [-0.25, -0.2) is 0 Å². The van der Waals surface area contributed by atoms with Gasteiger partial charge in [0.05, 0.1) is 20.8 Å². The Morgan fingerprint density at radius 2 is 1.81 bits per heavy atom. The predicted octanol–water partition coefficient (Wildman–Crippen LogP) is 4.86. The number of esters is 1. The van der Waals surface area contributed by atoms with Crippen LogP contribution in [0.25, 0.3) is 0 Å². The highest BCUT2D eigenvalue weighted by Crippen LogP contribution is 2.49. The summed E-state index contributed by atoms with van der Waals surface area (Å²) in [6, 6.07) is 15.5. The number of rotatable bonds is 9. The Morgan fingerprint density at radius 3 is 2.50 bits per heavy atom. The van der Waals surface area contributed by atoms with Gasteiger partial charge in [0.2, 0.25) is 0 Å². The smallest absolute Gasteiger partial charge is 0.315 e. The fourth-order valence-corrected chi connectivity index (χ4v) is 5.18. The Bertz CT molecular complexity index is 1170. The van der Waals surface area contributed by atoms with E-state index in [-0.39, 0.29) is 18.3 Å². The van der Waals surface area contributed by atoms with Crippen LogP contribution in [-0.2, 0) is 19.1 Å². The molecule has 3 atom stereocenters. The zero-order chi connectivity index (χ0) is 25.7. The number of aliphatic imine (C=N–C) groups is 1. The number of methoxy groups -OCH3 is 2. The zero-order valence-corrected chi connectivity index (χ0v) is 21.3. The number of hydrogen-bond acceptors (Lipinski definition) is 7. The lowest BCUT2D eigenvalue weighted by atomic mass is 9.69. The number of ketones is 1. The van der Waals surface area contributed by atoms with Crippen LogP contribution >= 0.6 is 0 Å². The summed E-state index contributed by atoms with van der Waals surface area (Å²) in [5.41, 5.74) is 3.72. The predicted molar refractivity (Wildman–Crippen MR) is 137 cm³/mol. The Kier molecular flexibility index (Phi) is 8.21. The van der Waals surface area contributed by atoms with Crippen LogP contribution in [0.3, 0.4) is 0 Å². The van der Waals surface area contributed by atoms with Crippen molar-refractivity contribution in [2.45, 2.75) is 38.5 Å². The molecule has 0 radical (unpaired) electrons. The molecule has 7 heteroatoms. The molecule has 1 unspecified atom stereocenters. The summed E-state index contributed by atoms with van der Waals surface area (Å²) >= 11 is 0.